The molecule has 2 aromatic carbocycles. The Bertz CT molecular complexity index is 928. The first-order valence-electron chi connectivity index (χ1n) is 7.27. The minimum Gasteiger partial charge on any atom is -0.494 e. The molecule has 1 amide bonds. The topological polar surface area (TPSA) is 116 Å². The number of nitro groups is 1. The third kappa shape index (κ3) is 5.43. The van der Waals surface area contributed by atoms with Gasteiger partial charge >= 0.3 is 0 Å². The molecule has 0 spiro atoms. The van der Waals surface area contributed by atoms with Gasteiger partial charge in [0.2, 0.25) is 5.91 Å². The Labute approximate surface area is 154 Å². The zero-order valence-electron chi connectivity index (χ0n) is 13.6. The number of rotatable bonds is 7. The number of hydrogen-bond acceptors (Lipinski definition) is 6. The Morgan fingerprint density at radius 2 is 1.88 bits per heavy atom. The number of nitrogens with one attached hydrogen (secondary N) is 1. The lowest BCUT2D eigenvalue weighted by Gasteiger charge is -2.10. The lowest BCUT2D eigenvalue weighted by molar-refractivity contribution is -0.384. The molecule has 0 aliphatic carbocycles. The molecule has 0 aliphatic rings. The van der Waals surface area contributed by atoms with Crippen LogP contribution in [0.4, 0.5) is 11.4 Å². The third-order valence-electron chi connectivity index (χ3n) is 3.32. The van der Waals surface area contributed by atoms with Crippen LogP contribution < -0.4 is 10.1 Å². The van der Waals surface area contributed by atoms with Crippen LogP contribution in [0, 0.1) is 10.1 Å². The van der Waals surface area contributed by atoms with Crippen LogP contribution in [-0.2, 0) is 20.4 Å². The second-order valence-electron chi connectivity index (χ2n) is 5.35. The van der Waals surface area contributed by atoms with Crippen molar-refractivity contribution >= 4 is 38.7 Å². The van der Waals surface area contributed by atoms with E-state index < -0.39 is 26.4 Å². The molecule has 2 rings (SSSR count). The van der Waals surface area contributed by atoms with Gasteiger partial charge in [0.15, 0.2) is 9.84 Å². The molecule has 0 saturated heterocycles. The number of nitrogens with zero attached hydrogens (tertiary/aromatic N) is 1. The monoisotopic (exact) mass is 398 g/mol. The maximum absolute atomic E-state index is 12.2. The van der Waals surface area contributed by atoms with Crippen LogP contribution in [-0.4, -0.2) is 32.1 Å². The number of sulfone groups is 1. The van der Waals surface area contributed by atoms with Gasteiger partial charge in [0.1, 0.15) is 11.5 Å². The van der Waals surface area contributed by atoms with Gasteiger partial charge in [0.25, 0.3) is 5.69 Å². The molecule has 0 fully saturated rings. The smallest absolute Gasteiger partial charge is 0.273 e. The minimum atomic E-state index is -3.71. The third-order valence-corrected chi connectivity index (χ3v) is 5.05. The summed E-state index contributed by atoms with van der Waals surface area (Å²) >= 11 is 5.75. The van der Waals surface area contributed by atoms with Crippen molar-refractivity contribution in [3.8, 4) is 5.75 Å². The van der Waals surface area contributed by atoms with Crippen molar-refractivity contribution in [3.05, 3.63) is 63.2 Å². The summed E-state index contributed by atoms with van der Waals surface area (Å²) in [5.74, 6) is -1.76. The predicted octanol–water partition coefficient (Wildman–Crippen LogP) is 2.81. The summed E-state index contributed by atoms with van der Waals surface area (Å²) in [5.41, 5.74) is 0.440. The number of benzene rings is 2. The van der Waals surface area contributed by atoms with Crippen LogP contribution in [0.3, 0.4) is 0 Å². The van der Waals surface area contributed by atoms with E-state index in [0.717, 1.165) is 6.07 Å². The van der Waals surface area contributed by atoms with Gasteiger partial charge in [-0.25, -0.2) is 8.42 Å². The molecule has 0 aliphatic heterocycles. The molecular weight excluding hydrogens is 384 g/mol. The summed E-state index contributed by atoms with van der Waals surface area (Å²) in [5, 5.41) is 13.6. The molecule has 2 aromatic rings. The first-order chi connectivity index (χ1) is 12.2. The van der Waals surface area contributed by atoms with E-state index in [1.807, 2.05) is 0 Å². The number of hydrogen-bond donors (Lipinski definition) is 1. The number of carbonyl (C=O) groups is 1. The first-order valence-corrected chi connectivity index (χ1v) is 9.47. The molecule has 0 heterocycles. The second-order valence-corrected chi connectivity index (χ2v) is 7.85. The van der Waals surface area contributed by atoms with E-state index in [4.69, 9.17) is 16.3 Å². The van der Waals surface area contributed by atoms with E-state index in [1.54, 1.807) is 24.3 Å². The number of ether oxygens (including phenoxy) is 1. The highest BCUT2D eigenvalue weighted by molar-refractivity contribution is 7.91. The van der Waals surface area contributed by atoms with E-state index in [9.17, 15) is 23.3 Å². The van der Waals surface area contributed by atoms with Gasteiger partial charge in [-0.3, -0.25) is 14.9 Å². The molecule has 0 bridgehead atoms. The minimum absolute atomic E-state index is 0.0580. The zero-order valence-corrected chi connectivity index (χ0v) is 15.2. The van der Waals surface area contributed by atoms with Crippen molar-refractivity contribution in [2.45, 2.75) is 5.75 Å². The molecule has 8 nitrogen and oxygen atoms in total. The summed E-state index contributed by atoms with van der Waals surface area (Å²) in [6.07, 6.45) is 0. The number of non-ortho nitro benzene ring substituents is 1. The van der Waals surface area contributed by atoms with E-state index in [2.05, 4.69) is 5.32 Å². The Balaban J connectivity index is 2.07. The van der Waals surface area contributed by atoms with Gasteiger partial charge in [-0.05, 0) is 23.8 Å². The quantitative estimate of drug-likeness (QED) is 0.566. The molecule has 0 atom stereocenters. The number of carbonyl (C=O) groups excluding carboxylic acids is 1. The highest BCUT2D eigenvalue weighted by Crippen LogP contribution is 2.29. The second kappa shape index (κ2) is 8.15. The van der Waals surface area contributed by atoms with Gasteiger partial charge in [0, 0.05) is 11.1 Å². The average molecular weight is 399 g/mol. The molecular formula is C16H15ClN2O6S. The summed E-state index contributed by atoms with van der Waals surface area (Å²) in [6.45, 7) is 0. The van der Waals surface area contributed by atoms with E-state index >= 15 is 0 Å². The van der Waals surface area contributed by atoms with Gasteiger partial charge in [-0.15, -0.1) is 0 Å². The van der Waals surface area contributed by atoms with Crippen LogP contribution in [0.15, 0.2) is 42.5 Å². The zero-order chi connectivity index (χ0) is 19.3. The number of anilines is 1. The van der Waals surface area contributed by atoms with Gasteiger partial charge in [-0.1, -0.05) is 23.7 Å². The van der Waals surface area contributed by atoms with E-state index in [1.165, 1.54) is 19.2 Å². The Kier molecular flexibility index (Phi) is 6.17. The van der Waals surface area contributed by atoms with Gasteiger partial charge < -0.3 is 10.1 Å². The molecule has 1 N–H and O–H groups in total. The number of amides is 1. The number of nitro benzene ring substituents is 1. The predicted molar refractivity (Wildman–Crippen MR) is 97.2 cm³/mol. The Morgan fingerprint density at radius 3 is 2.46 bits per heavy atom. The first kappa shape index (κ1) is 19.7. The van der Waals surface area contributed by atoms with Crippen molar-refractivity contribution in [2.24, 2.45) is 0 Å². The molecule has 0 unspecified atom stereocenters. The Morgan fingerprint density at radius 1 is 1.23 bits per heavy atom. The molecule has 138 valence electrons. The summed E-state index contributed by atoms with van der Waals surface area (Å²) < 4.78 is 29.3. The van der Waals surface area contributed by atoms with Crippen molar-refractivity contribution in [1.82, 2.24) is 0 Å². The number of halogens is 1. The fraction of sp³-hybridized carbons (Fsp3) is 0.188. The van der Waals surface area contributed by atoms with Gasteiger partial charge in [-0.2, -0.15) is 0 Å². The molecule has 0 saturated carbocycles. The number of methoxy groups -OCH3 is 1. The summed E-state index contributed by atoms with van der Waals surface area (Å²) in [6, 6.07) is 9.86. The SMILES string of the molecule is COc1cc([N+](=O)[O-])ccc1NC(=O)CS(=O)(=O)Cc1ccc(Cl)cc1. The lowest BCUT2D eigenvalue weighted by atomic mass is 10.2. The van der Waals surface area contributed by atoms with E-state index in [-0.39, 0.29) is 22.9 Å². The van der Waals surface area contributed by atoms with Crippen LogP contribution in [0.1, 0.15) is 5.56 Å². The van der Waals surface area contributed by atoms with Crippen molar-refractivity contribution < 1.29 is 22.9 Å². The van der Waals surface area contributed by atoms with E-state index in [0.29, 0.717) is 10.6 Å². The summed E-state index contributed by atoms with van der Waals surface area (Å²) in [4.78, 5) is 22.2. The maximum Gasteiger partial charge on any atom is 0.273 e. The molecule has 0 aromatic heterocycles. The fourth-order valence-corrected chi connectivity index (χ4v) is 3.57. The molecule has 0 radical (unpaired) electrons. The lowest BCUT2D eigenvalue weighted by Crippen LogP contribution is -2.24. The van der Waals surface area contributed by atoms with Gasteiger partial charge in [0.05, 0.1) is 29.5 Å². The summed E-state index contributed by atoms with van der Waals surface area (Å²) in [7, 11) is -2.43. The Hall–Kier alpha value is -2.65. The largest absolute Gasteiger partial charge is 0.494 e. The van der Waals surface area contributed by atoms with Crippen LogP contribution >= 0.6 is 11.6 Å². The van der Waals surface area contributed by atoms with Crippen molar-refractivity contribution in [1.29, 1.82) is 0 Å². The van der Waals surface area contributed by atoms with Crippen LogP contribution in [0.2, 0.25) is 5.02 Å². The standard InChI is InChI=1S/C16H15ClN2O6S/c1-25-15-8-13(19(21)22)6-7-14(15)18-16(20)10-26(23,24)9-11-2-4-12(17)5-3-11/h2-8H,9-10H2,1H3,(H,18,20). The van der Waals surface area contributed by atoms with Crippen LogP contribution in [0.5, 0.6) is 5.75 Å². The maximum atomic E-state index is 12.2. The molecule has 26 heavy (non-hydrogen) atoms. The van der Waals surface area contributed by atoms with Crippen molar-refractivity contribution in [3.63, 3.8) is 0 Å². The average Bonchev–Trinajstić information content (AvgIpc) is 2.56. The molecule has 10 heteroatoms. The van der Waals surface area contributed by atoms with Crippen LogP contribution in [0.25, 0.3) is 0 Å². The van der Waals surface area contributed by atoms with Crippen molar-refractivity contribution in [2.75, 3.05) is 18.2 Å². The highest BCUT2D eigenvalue weighted by atomic mass is 35.5. The highest BCUT2D eigenvalue weighted by Gasteiger charge is 2.19. The fourth-order valence-electron chi connectivity index (χ4n) is 2.17. The normalized spacial score (nSPS) is 11.0.